The third-order valence-electron chi connectivity index (χ3n) is 3.39. The first-order valence-electron chi connectivity index (χ1n) is 6.51. The lowest BCUT2D eigenvalue weighted by atomic mass is 9.83. The SMILES string of the molecule is CCC(NC(=O)C(C)(C)c1ccc(OC)cc1)C(=O)O. The highest BCUT2D eigenvalue weighted by atomic mass is 16.5. The lowest BCUT2D eigenvalue weighted by Crippen LogP contribution is -2.48. The lowest BCUT2D eigenvalue weighted by Gasteiger charge is -2.26. The maximum Gasteiger partial charge on any atom is 0.326 e. The van der Waals surface area contributed by atoms with Crippen molar-refractivity contribution in [2.75, 3.05) is 7.11 Å². The Morgan fingerprint density at radius 2 is 1.85 bits per heavy atom. The van der Waals surface area contributed by atoms with Crippen molar-refractivity contribution < 1.29 is 19.4 Å². The zero-order chi connectivity index (χ0) is 15.3. The van der Waals surface area contributed by atoms with E-state index >= 15 is 0 Å². The van der Waals surface area contributed by atoms with Crippen LogP contribution in [0.5, 0.6) is 5.75 Å². The molecule has 20 heavy (non-hydrogen) atoms. The van der Waals surface area contributed by atoms with Crippen LogP contribution in [0.3, 0.4) is 0 Å². The molecule has 0 fully saturated rings. The second-order valence-corrected chi connectivity index (χ2v) is 5.13. The molecule has 5 heteroatoms. The molecule has 110 valence electrons. The van der Waals surface area contributed by atoms with E-state index in [0.29, 0.717) is 12.2 Å². The molecule has 5 nitrogen and oxygen atoms in total. The van der Waals surface area contributed by atoms with E-state index in [2.05, 4.69) is 5.32 Å². The predicted molar refractivity (Wildman–Crippen MR) is 75.9 cm³/mol. The summed E-state index contributed by atoms with van der Waals surface area (Å²) >= 11 is 0. The highest BCUT2D eigenvalue weighted by molar-refractivity contribution is 5.90. The summed E-state index contributed by atoms with van der Waals surface area (Å²) in [6, 6.07) is 6.30. The van der Waals surface area contributed by atoms with Crippen molar-refractivity contribution in [1.82, 2.24) is 5.32 Å². The number of carbonyl (C=O) groups excluding carboxylic acids is 1. The fraction of sp³-hybridized carbons (Fsp3) is 0.467. The van der Waals surface area contributed by atoms with Crippen molar-refractivity contribution in [3.63, 3.8) is 0 Å². The van der Waals surface area contributed by atoms with E-state index in [1.54, 1.807) is 52.1 Å². The van der Waals surface area contributed by atoms with Crippen LogP contribution in [0.1, 0.15) is 32.8 Å². The summed E-state index contributed by atoms with van der Waals surface area (Å²) in [5, 5.41) is 11.6. The molecule has 1 aromatic carbocycles. The summed E-state index contributed by atoms with van der Waals surface area (Å²) in [5.41, 5.74) is -0.00848. The molecule has 1 atom stereocenters. The second kappa shape index (κ2) is 6.41. The van der Waals surface area contributed by atoms with Crippen LogP contribution in [0.2, 0.25) is 0 Å². The summed E-state index contributed by atoms with van der Waals surface area (Å²) in [7, 11) is 1.57. The van der Waals surface area contributed by atoms with Crippen LogP contribution in [-0.4, -0.2) is 30.1 Å². The molecule has 0 radical (unpaired) electrons. The van der Waals surface area contributed by atoms with Crippen molar-refractivity contribution in [3.05, 3.63) is 29.8 Å². The van der Waals surface area contributed by atoms with Crippen LogP contribution in [0, 0.1) is 0 Å². The van der Waals surface area contributed by atoms with Gasteiger partial charge in [0.15, 0.2) is 0 Å². The quantitative estimate of drug-likeness (QED) is 0.834. The number of nitrogens with one attached hydrogen (secondary N) is 1. The third-order valence-corrected chi connectivity index (χ3v) is 3.39. The van der Waals surface area contributed by atoms with Crippen LogP contribution < -0.4 is 10.1 Å². The Labute approximate surface area is 118 Å². The average Bonchev–Trinajstić information content (AvgIpc) is 2.43. The minimum atomic E-state index is -1.02. The molecule has 0 spiro atoms. The van der Waals surface area contributed by atoms with Gasteiger partial charge in [-0.3, -0.25) is 4.79 Å². The molecule has 2 N–H and O–H groups in total. The molecular formula is C15H21NO4. The number of carbonyl (C=O) groups is 2. The molecule has 0 bridgehead atoms. The Morgan fingerprint density at radius 1 is 1.30 bits per heavy atom. The average molecular weight is 279 g/mol. The van der Waals surface area contributed by atoms with E-state index in [9.17, 15) is 9.59 Å². The van der Waals surface area contributed by atoms with Crippen LogP contribution in [0.15, 0.2) is 24.3 Å². The van der Waals surface area contributed by atoms with Gasteiger partial charge in [0, 0.05) is 0 Å². The maximum atomic E-state index is 12.3. The van der Waals surface area contributed by atoms with Gasteiger partial charge in [0.2, 0.25) is 5.91 Å². The van der Waals surface area contributed by atoms with Crippen molar-refractivity contribution >= 4 is 11.9 Å². The van der Waals surface area contributed by atoms with Gasteiger partial charge in [0.05, 0.1) is 12.5 Å². The van der Waals surface area contributed by atoms with E-state index in [0.717, 1.165) is 5.56 Å². The van der Waals surface area contributed by atoms with Crippen molar-refractivity contribution in [2.24, 2.45) is 0 Å². The first-order chi connectivity index (χ1) is 9.32. The Hall–Kier alpha value is -2.04. The predicted octanol–water partition coefficient (Wildman–Crippen LogP) is 1.95. The minimum absolute atomic E-state index is 0.308. The van der Waals surface area contributed by atoms with Crippen LogP contribution in [-0.2, 0) is 15.0 Å². The summed E-state index contributed by atoms with van der Waals surface area (Å²) in [5.74, 6) is -0.620. The number of hydrogen-bond acceptors (Lipinski definition) is 3. The maximum absolute atomic E-state index is 12.3. The molecule has 0 heterocycles. The molecule has 0 aliphatic heterocycles. The molecule has 0 aliphatic rings. The van der Waals surface area contributed by atoms with E-state index < -0.39 is 17.4 Å². The van der Waals surface area contributed by atoms with Crippen molar-refractivity contribution in [3.8, 4) is 5.75 Å². The molecular weight excluding hydrogens is 258 g/mol. The largest absolute Gasteiger partial charge is 0.497 e. The molecule has 0 aliphatic carbocycles. The standard InChI is InChI=1S/C15H21NO4/c1-5-12(13(17)18)16-14(19)15(2,3)10-6-8-11(20-4)9-7-10/h6-9,12H,5H2,1-4H3,(H,16,19)(H,17,18). The Balaban J connectivity index is 2.90. The van der Waals surface area contributed by atoms with Gasteiger partial charge in [0.1, 0.15) is 11.8 Å². The van der Waals surface area contributed by atoms with Crippen LogP contribution >= 0.6 is 0 Å². The van der Waals surface area contributed by atoms with Gasteiger partial charge in [-0.1, -0.05) is 19.1 Å². The van der Waals surface area contributed by atoms with Gasteiger partial charge in [-0.15, -0.1) is 0 Å². The van der Waals surface area contributed by atoms with Gasteiger partial charge in [-0.25, -0.2) is 4.79 Å². The topological polar surface area (TPSA) is 75.6 Å². The van der Waals surface area contributed by atoms with Gasteiger partial charge >= 0.3 is 5.97 Å². The number of rotatable bonds is 6. The van der Waals surface area contributed by atoms with Gasteiger partial charge in [0.25, 0.3) is 0 Å². The first-order valence-corrected chi connectivity index (χ1v) is 6.51. The number of carboxylic acids is 1. The highest BCUT2D eigenvalue weighted by Gasteiger charge is 2.32. The molecule has 0 aromatic heterocycles. The van der Waals surface area contributed by atoms with Crippen LogP contribution in [0.25, 0.3) is 0 Å². The fourth-order valence-electron chi connectivity index (χ4n) is 1.82. The van der Waals surface area contributed by atoms with E-state index in [1.807, 2.05) is 0 Å². The lowest BCUT2D eigenvalue weighted by molar-refractivity contribution is -0.142. The smallest absolute Gasteiger partial charge is 0.326 e. The first kappa shape index (κ1) is 16.0. The summed E-state index contributed by atoms with van der Waals surface area (Å²) in [6.07, 6.45) is 0.347. The number of ether oxygens (including phenoxy) is 1. The molecule has 1 unspecified atom stereocenters. The number of aliphatic carboxylic acids is 1. The second-order valence-electron chi connectivity index (χ2n) is 5.13. The summed E-state index contributed by atoms with van der Waals surface area (Å²) in [6.45, 7) is 5.25. The van der Waals surface area contributed by atoms with Gasteiger partial charge in [-0.2, -0.15) is 0 Å². The molecule has 1 aromatic rings. The summed E-state index contributed by atoms with van der Waals surface area (Å²) < 4.78 is 5.08. The highest BCUT2D eigenvalue weighted by Crippen LogP contribution is 2.25. The van der Waals surface area contributed by atoms with E-state index in [1.165, 1.54) is 0 Å². The zero-order valence-corrected chi connectivity index (χ0v) is 12.3. The van der Waals surface area contributed by atoms with Gasteiger partial charge < -0.3 is 15.2 Å². The Morgan fingerprint density at radius 3 is 2.25 bits per heavy atom. The number of carboxylic acid groups (broad SMARTS) is 1. The number of amides is 1. The third kappa shape index (κ3) is 3.50. The molecule has 0 saturated carbocycles. The summed E-state index contributed by atoms with van der Waals surface area (Å²) in [4.78, 5) is 23.3. The molecule has 1 amide bonds. The van der Waals surface area contributed by atoms with E-state index in [4.69, 9.17) is 9.84 Å². The molecule has 0 saturated heterocycles. The normalized spacial score (nSPS) is 12.6. The van der Waals surface area contributed by atoms with Gasteiger partial charge in [-0.05, 0) is 38.0 Å². The number of methoxy groups -OCH3 is 1. The Bertz CT molecular complexity index is 479. The number of benzene rings is 1. The van der Waals surface area contributed by atoms with Crippen molar-refractivity contribution in [2.45, 2.75) is 38.6 Å². The number of hydrogen-bond donors (Lipinski definition) is 2. The minimum Gasteiger partial charge on any atom is -0.497 e. The zero-order valence-electron chi connectivity index (χ0n) is 12.3. The molecule has 1 rings (SSSR count). The van der Waals surface area contributed by atoms with E-state index in [-0.39, 0.29) is 5.91 Å². The fourth-order valence-corrected chi connectivity index (χ4v) is 1.82. The monoisotopic (exact) mass is 279 g/mol. The van der Waals surface area contributed by atoms with Crippen molar-refractivity contribution in [1.29, 1.82) is 0 Å². The Kier molecular flexibility index (Phi) is 5.13. The van der Waals surface area contributed by atoms with Crippen LogP contribution in [0.4, 0.5) is 0 Å².